The van der Waals surface area contributed by atoms with Gasteiger partial charge in [-0.25, -0.2) is 8.42 Å². The summed E-state index contributed by atoms with van der Waals surface area (Å²) in [5.74, 6) is -0.136. The lowest BCUT2D eigenvalue weighted by atomic mass is 10.1. The van der Waals surface area contributed by atoms with E-state index in [1.807, 2.05) is 30.3 Å². The van der Waals surface area contributed by atoms with Gasteiger partial charge in [0.05, 0.1) is 10.9 Å². The van der Waals surface area contributed by atoms with Gasteiger partial charge in [0.2, 0.25) is 10.0 Å². The second-order valence-electron chi connectivity index (χ2n) is 5.77. The molecular weight excluding hydrogens is 310 g/mol. The third-order valence-electron chi connectivity index (χ3n) is 4.24. The molecule has 0 aliphatic carbocycles. The molecule has 0 radical (unpaired) electrons. The van der Waals surface area contributed by atoms with E-state index < -0.39 is 10.0 Å². The van der Waals surface area contributed by atoms with Crippen LogP contribution in [0.3, 0.4) is 0 Å². The van der Waals surface area contributed by atoms with Gasteiger partial charge < -0.3 is 0 Å². The SMILES string of the molecule is CC(=O)c1cccc(S(=O)(=O)N2CCC[C@H]2c2ccccc2)c1. The Labute approximate surface area is 136 Å². The van der Waals surface area contributed by atoms with E-state index in [1.54, 1.807) is 22.5 Å². The first-order chi connectivity index (χ1) is 11.0. The molecule has 0 amide bonds. The Bertz CT molecular complexity index is 815. The molecule has 0 aromatic heterocycles. The highest BCUT2D eigenvalue weighted by atomic mass is 32.2. The number of hydrogen-bond acceptors (Lipinski definition) is 3. The molecule has 1 heterocycles. The van der Waals surface area contributed by atoms with Gasteiger partial charge in [0, 0.05) is 12.1 Å². The van der Waals surface area contributed by atoms with E-state index in [2.05, 4.69) is 0 Å². The van der Waals surface area contributed by atoms with E-state index in [0.29, 0.717) is 12.1 Å². The van der Waals surface area contributed by atoms with Gasteiger partial charge >= 0.3 is 0 Å². The Balaban J connectivity index is 1.99. The van der Waals surface area contributed by atoms with Gasteiger partial charge in [0.15, 0.2) is 5.78 Å². The molecule has 1 aliphatic heterocycles. The molecule has 5 heteroatoms. The molecular formula is C18H19NO3S. The first-order valence-corrected chi connectivity index (χ1v) is 9.12. The van der Waals surface area contributed by atoms with Gasteiger partial charge in [-0.15, -0.1) is 0 Å². The molecule has 1 saturated heterocycles. The number of sulfonamides is 1. The van der Waals surface area contributed by atoms with Crippen LogP contribution in [-0.2, 0) is 10.0 Å². The Kier molecular flexibility index (Phi) is 4.33. The molecule has 0 saturated carbocycles. The first-order valence-electron chi connectivity index (χ1n) is 7.68. The van der Waals surface area contributed by atoms with Crippen LogP contribution in [0.4, 0.5) is 0 Å². The van der Waals surface area contributed by atoms with Gasteiger partial charge in [0.25, 0.3) is 0 Å². The van der Waals surface area contributed by atoms with Crippen LogP contribution in [0.15, 0.2) is 59.5 Å². The van der Waals surface area contributed by atoms with Crippen molar-refractivity contribution in [3.05, 3.63) is 65.7 Å². The molecule has 23 heavy (non-hydrogen) atoms. The highest BCUT2D eigenvalue weighted by molar-refractivity contribution is 7.89. The number of Topliss-reactive ketones (excluding diaryl/α,β-unsaturated/α-hetero) is 1. The average molecular weight is 329 g/mol. The van der Waals surface area contributed by atoms with Crippen LogP contribution in [0.1, 0.15) is 41.7 Å². The molecule has 3 rings (SSSR count). The minimum Gasteiger partial charge on any atom is -0.295 e. The summed E-state index contributed by atoms with van der Waals surface area (Å²) in [6.45, 7) is 1.94. The number of rotatable bonds is 4. The van der Waals surface area contributed by atoms with E-state index in [-0.39, 0.29) is 16.7 Å². The highest BCUT2D eigenvalue weighted by Crippen LogP contribution is 2.36. The van der Waals surface area contributed by atoms with Crippen LogP contribution in [0, 0.1) is 0 Å². The van der Waals surface area contributed by atoms with Crippen molar-refractivity contribution in [3.8, 4) is 0 Å². The van der Waals surface area contributed by atoms with Crippen molar-refractivity contribution in [2.75, 3.05) is 6.54 Å². The van der Waals surface area contributed by atoms with Gasteiger partial charge in [-0.3, -0.25) is 4.79 Å². The van der Waals surface area contributed by atoms with E-state index in [9.17, 15) is 13.2 Å². The lowest BCUT2D eigenvalue weighted by Gasteiger charge is -2.24. The summed E-state index contributed by atoms with van der Waals surface area (Å²) >= 11 is 0. The maximum Gasteiger partial charge on any atom is 0.243 e. The predicted molar refractivity (Wildman–Crippen MR) is 88.8 cm³/mol. The van der Waals surface area contributed by atoms with Crippen LogP contribution in [0.5, 0.6) is 0 Å². The van der Waals surface area contributed by atoms with Crippen molar-refractivity contribution < 1.29 is 13.2 Å². The fourth-order valence-electron chi connectivity index (χ4n) is 3.05. The van der Waals surface area contributed by atoms with Crippen molar-refractivity contribution in [3.63, 3.8) is 0 Å². The zero-order valence-corrected chi connectivity index (χ0v) is 13.8. The van der Waals surface area contributed by atoms with Gasteiger partial charge in [-0.05, 0) is 37.5 Å². The molecule has 0 spiro atoms. The molecule has 2 aromatic carbocycles. The van der Waals surface area contributed by atoms with Crippen molar-refractivity contribution in [1.82, 2.24) is 4.31 Å². The zero-order chi connectivity index (χ0) is 16.4. The molecule has 0 bridgehead atoms. The van der Waals surface area contributed by atoms with Crippen LogP contribution in [0.2, 0.25) is 0 Å². The van der Waals surface area contributed by atoms with E-state index in [0.717, 1.165) is 18.4 Å². The van der Waals surface area contributed by atoms with Crippen molar-refractivity contribution in [2.45, 2.75) is 30.7 Å². The van der Waals surface area contributed by atoms with Gasteiger partial charge in [-0.1, -0.05) is 42.5 Å². The normalized spacial score (nSPS) is 18.9. The third kappa shape index (κ3) is 3.07. The molecule has 1 aliphatic rings. The average Bonchev–Trinajstić information content (AvgIpc) is 3.06. The number of ketones is 1. The van der Waals surface area contributed by atoms with Gasteiger partial charge in [0.1, 0.15) is 0 Å². The summed E-state index contributed by atoms with van der Waals surface area (Å²) in [7, 11) is -3.61. The summed E-state index contributed by atoms with van der Waals surface area (Å²) < 4.78 is 27.6. The monoisotopic (exact) mass is 329 g/mol. The molecule has 0 N–H and O–H groups in total. The highest BCUT2D eigenvalue weighted by Gasteiger charge is 2.36. The summed E-state index contributed by atoms with van der Waals surface area (Å²) in [6.07, 6.45) is 1.65. The Hall–Kier alpha value is -1.98. The van der Waals surface area contributed by atoms with E-state index in [4.69, 9.17) is 0 Å². The first kappa shape index (κ1) is 15.9. The minimum atomic E-state index is -3.61. The summed E-state index contributed by atoms with van der Waals surface area (Å²) in [5.41, 5.74) is 1.43. The molecule has 2 aromatic rings. The van der Waals surface area contributed by atoms with Crippen LogP contribution < -0.4 is 0 Å². The fourth-order valence-corrected chi connectivity index (χ4v) is 4.78. The molecule has 1 fully saturated rings. The third-order valence-corrected chi connectivity index (χ3v) is 6.14. The number of carbonyl (C=O) groups excluding carboxylic acids is 1. The van der Waals surface area contributed by atoms with Crippen molar-refractivity contribution in [2.24, 2.45) is 0 Å². The summed E-state index contributed by atoms with van der Waals surface area (Å²) in [4.78, 5) is 11.7. The van der Waals surface area contributed by atoms with E-state index in [1.165, 1.54) is 13.0 Å². The Morgan fingerprint density at radius 1 is 1.09 bits per heavy atom. The lowest BCUT2D eigenvalue weighted by Crippen LogP contribution is -2.30. The molecule has 1 atom stereocenters. The van der Waals surface area contributed by atoms with Crippen LogP contribution >= 0.6 is 0 Å². The smallest absolute Gasteiger partial charge is 0.243 e. The summed E-state index contributed by atoms with van der Waals surface area (Å²) in [5, 5.41) is 0. The lowest BCUT2D eigenvalue weighted by molar-refractivity contribution is 0.101. The molecule has 4 nitrogen and oxygen atoms in total. The maximum atomic E-state index is 13.0. The van der Waals surface area contributed by atoms with E-state index >= 15 is 0 Å². The zero-order valence-electron chi connectivity index (χ0n) is 13.0. The predicted octanol–water partition coefficient (Wildman–Crippen LogP) is 3.42. The molecule has 0 unspecified atom stereocenters. The fraction of sp³-hybridized carbons (Fsp3) is 0.278. The largest absolute Gasteiger partial charge is 0.295 e. The van der Waals surface area contributed by atoms with Crippen LogP contribution in [-0.4, -0.2) is 25.1 Å². The number of benzene rings is 2. The molecule has 120 valence electrons. The number of carbonyl (C=O) groups is 1. The minimum absolute atomic E-state index is 0.136. The maximum absolute atomic E-state index is 13.0. The van der Waals surface area contributed by atoms with Gasteiger partial charge in [-0.2, -0.15) is 4.31 Å². The summed E-state index contributed by atoms with van der Waals surface area (Å²) in [6, 6.07) is 15.9. The van der Waals surface area contributed by atoms with Crippen LogP contribution in [0.25, 0.3) is 0 Å². The van der Waals surface area contributed by atoms with Crippen molar-refractivity contribution >= 4 is 15.8 Å². The second kappa shape index (κ2) is 6.26. The standard InChI is InChI=1S/C18H19NO3S/c1-14(20)16-9-5-10-17(13-16)23(21,22)19-12-6-11-18(19)15-7-3-2-4-8-15/h2-5,7-10,13,18H,6,11-12H2,1H3/t18-/m0/s1. The topological polar surface area (TPSA) is 54.5 Å². The quantitative estimate of drug-likeness (QED) is 0.808. The number of nitrogens with zero attached hydrogens (tertiary/aromatic N) is 1. The van der Waals surface area contributed by atoms with Crippen molar-refractivity contribution in [1.29, 1.82) is 0 Å². The number of hydrogen-bond donors (Lipinski definition) is 0. The Morgan fingerprint density at radius 3 is 2.52 bits per heavy atom. The second-order valence-corrected chi connectivity index (χ2v) is 7.66. The Morgan fingerprint density at radius 2 is 1.83 bits per heavy atom.